The largest absolute Gasteiger partial charge is 0.481 e. The van der Waals surface area contributed by atoms with E-state index in [9.17, 15) is 4.79 Å². The lowest BCUT2D eigenvalue weighted by atomic mass is 10.0. The second-order valence-electron chi connectivity index (χ2n) is 4.87. The molecule has 0 spiro atoms. The van der Waals surface area contributed by atoms with Crippen molar-refractivity contribution in [3.8, 4) is 0 Å². The topological polar surface area (TPSA) is 40.5 Å². The Hall–Kier alpha value is -1.87. The van der Waals surface area contributed by atoms with E-state index in [-0.39, 0.29) is 6.42 Å². The smallest absolute Gasteiger partial charge is 0.303 e. The molecule has 0 fully saturated rings. The predicted octanol–water partition coefficient (Wildman–Crippen LogP) is 3.14. The van der Waals surface area contributed by atoms with Gasteiger partial charge in [-0.05, 0) is 36.3 Å². The van der Waals surface area contributed by atoms with Crippen LogP contribution in [0.4, 0.5) is 0 Å². The third-order valence-electron chi connectivity index (χ3n) is 3.25. The number of rotatable bonds is 6. The predicted molar refractivity (Wildman–Crippen MR) is 77.2 cm³/mol. The average Bonchev–Trinajstić information content (AvgIpc) is 2.39. The van der Waals surface area contributed by atoms with Crippen molar-refractivity contribution in [3.63, 3.8) is 0 Å². The summed E-state index contributed by atoms with van der Waals surface area (Å²) in [5.74, 6) is -0.724. The van der Waals surface area contributed by atoms with Crippen molar-refractivity contribution in [2.24, 2.45) is 0 Å². The van der Waals surface area contributed by atoms with Crippen molar-refractivity contribution in [2.75, 3.05) is 13.6 Å². The van der Waals surface area contributed by atoms with E-state index in [0.29, 0.717) is 6.42 Å². The van der Waals surface area contributed by atoms with Gasteiger partial charge in [0.2, 0.25) is 0 Å². The van der Waals surface area contributed by atoms with Crippen molar-refractivity contribution in [1.82, 2.24) is 4.90 Å². The number of benzene rings is 2. The first-order chi connectivity index (χ1) is 9.16. The van der Waals surface area contributed by atoms with E-state index in [2.05, 4.69) is 41.3 Å². The number of fused-ring (bicyclic) bond motifs is 1. The molecule has 0 unspecified atom stereocenters. The van der Waals surface area contributed by atoms with Gasteiger partial charge in [0.1, 0.15) is 0 Å². The zero-order chi connectivity index (χ0) is 13.7. The number of carboxylic acid groups (broad SMARTS) is 1. The monoisotopic (exact) mass is 257 g/mol. The number of hydrogen-bond acceptors (Lipinski definition) is 2. The highest BCUT2D eigenvalue weighted by molar-refractivity contribution is 5.85. The van der Waals surface area contributed by atoms with Gasteiger partial charge in [-0.2, -0.15) is 0 Å². The van der Waals surface area contributed by atoms with Gasteiger partial charge >= 0.3 is 5.97 Å². The minimum Gasteiger partial charge on any atom is -0.481 e. The van der Waals surface area contributed by atoms with Crippen LogP contribution in [0.3, 0.4) is 0 Å². The van der Waals surface area contributed by atoms with Crippen molar-refractivity contribution >= 4 is 16.7 Å². The number of carboxylic acids is 1. The molecule has 0 aliphatic heterocycles. The van der Waals surface area contributed by atoms with Crippen LogP contribution in [-0.4, -0.2) is 29.6 Å². The molecule has 2 aromatic carbocycles. The summed E-state index contributed by atoms with van der Waals surface area (Å²) >= 11 is 0. The van der Waals surface area contributed by atoms with E-state index >= 15 is 0 Å². The van der Waals surface area contributed by atoms with Crippen LogP contribution in [0.5, 0.6) is 0 Å². The molecule has 100 valence electrons. The fourth-order valence-electron chi connectivity index (χ4n) is 2.30. The lowest BCUT2D eigenvalue weighted by Gasteiger charge is -2.17. The summed E-state index contributed by atoms with van der Waals surface area (Å²) in [7, 11) is 2.03. The maximum atomic E-state index is 10.5. The SMILES string of the molecule is CN(CCCC(=O)O)Cc1cccc2ccccc12. The molecular weight excluding hydrogens is 238 g/mol. The Bertz CT molecular complexity index is 560. The molecule has 0 atom stereocenters. The molecule has 19 heavy (non-hydrogen) atoms. The normalized spacial score (nSPS) is 11.1. The summed E-state index contributed by atoms with van der Waals surface area (Å²) in [6, 6.07) is 14.7. The van der Waals surface area contributed by atoms with Crippen LogP contribution < -0.4 is 0 Å². The Kier molecular flexibility index (Phi) is 4.53. The first-order valence-corrected chi connectivity index (χ1v) is 6.54. The quantitative estimate of drug-likeness (QED) is 0.864. The molecule has 0 saturated heterocycles. The van der Waals surface area contributed by atoms with E-state index < -0.39 is 5.97 Å². The van der Waals surface area contributed by atoms with Crippen molar-refractivity contribution in [2.45, 2.75) is 19.4 Å². The molecule has 0 bridgehead atoms. The van der Waals surface area contributed by atoms with E-state index in [0.717, 1.165) is 13.1 Å². The molecule has 0 saturated carbocycles. The average molecular weight is 257 g/mol. The van der Waals surface area contributed by atoms with E-state index in [1.807, 2.05) is 13.1 Å². The van der Waals surface area contributed by atoms with Gasteiger partial charge in [-0.3, -0.25) is 4.79 Å². The van der Waals surface area contributed by atoms with Gasteiger partial charge in [-0.15, -0.1) is 0 Å². The summed E-state index contributed by atoms with van der Waals surface area (Å²) in [5, 5.41) is 11.2. The Balaban J connectivity index is 2.02. The van der Waals surface area contributed by atoms with Crippen LogP contribution in [0.15, 0.2) is 42.5 Å². The number of carbonyl (C=O) groups is 1. The number of nitrogens with zero attached hydrogens (tertiary/aromatic N) is 1. The van der Waals surface area contributed by atoms with Crippen LogP contribution in [0.1, 0.15) is 18.4 Å². The summed E-state index contributed by atoms with van der Waals surface area (Å²) < 4.78 is 0. The highest BCUT2D eigenvalue weighted by Gasteiger charge is 2.05. The second kappa shape index (κ2) is 6.34. The van der Waals surface area contributed by atoms with Gasteiger partial charge in [0.15, 0.2) is 0 Å². The zero-order valence-electron chi connectivity index (χ0n) is 11.2. The first-order valence-electron chi connectivity index (χ1n) is 6.54. The number of hydrogen-bond donors (Lipinski definition) is 1. The Morgan fingerprint density at radius 3 is 2.68 bits per heavy atom. The Morgan fingerprint density at radius 2 is 1.89 bits per heavy atom. The van der Waals surface area contributed by atoms with Crippen molar-refractivity contribution in [3.05, 3.63) is 48.0 Å². The molecule has 2 aromatic rings. The van der Waals surface area contributed by atoms with Gasteiger partial charge in [0, 0.05) is 13.0 Å². The van der Waals surface area contributed by atoms with Crippen LogP contribution in [0.25, 0.3) is 10.8 Å². The van der Waals surface area contributed by atoms with Crippen LogP contribution in [0.2, 0.25) is 0 Å². The molecule has 0 aliphatic rings. The van der Waals surface area contributed by atoms with E-state index in [4.69, 9.17) is 5.11 Å². The standard InChI is InChI=1S/C16H19NO2/c1-17(11-5-10-16(18)19)12-14-8-4-7-13-6-2-3-9-15(13)14/h2-4,6-9H,5,10-12H2,1H3,(H,18,19). The molecule has 0 radical (unpaired) electrons. The van der Waals surface area contributed by atoms with Crippen LogP contribution >= 0.6 is 0 Å². The lowest BCUT2D eigenvalue weighted by molar-refractivity contribution is -0.137. The highest BCUT2D eigenvalue weighted by Crippen LogP contribution is 2.19. The fraction of sp³-hybridized carbons (Fsp3) is 0.312. The van der Waals surface area contributed by atoms with Crippen molar-refractivity contribution < 1.29 is 9.90 Å². The van der Waals surface area contributed by atoms with Crippen LogP contribution in [-0.2, 0) is 11.3 Å². The molecule has 2 rings (SSSR count). The minimum absolute atomic E-state index is 0.236. The van der Waals surface area contributed by atoms with Gasteiger partial charge < -0.3 is 10.0 Å². The van der Waals surface area contributed by atoms with Gasteiger partial charge in [0.25, 0.3) is 0 Å². The van der Waals surface area contributed by atoms with Gasteiger partial charge in [0.05, 0.1) is 0 Å². The summed E-state index contributed by atoms with van der Waals surface area (Å²) in [6.07, 6.45) is 0.927. The van der Waals surface area contributed by atoms with Crippen LogP contribution in [0, 0.1) is 0 Å². The highest BCUT2D eigenvalue weighted by atomic mass is 16.4. The van der Waals surface area contributed by atoms with Crippen molar-refractivity contribution in [1.29, 1.82) is 0 Å². The Morgan fingerprint density at radius 1 is 1.16 bits per heavy atom. The second-order valence-corrected chi connectivity index (χ2v) is 4.87. The molecule has 0 aliphatic carbocycles. The maximum absolute atomic E-state index is 10.5. The van der Waals surface area contributed by atoms with E-state index in [1.54, 1.807) is 0 Å². The number of aliphatic carboxylic acids is 1. The third kappa shape index (κ3) is 3.80. The molecule has 3 nitrogen and oxygen atoms in total. The molecule has 0 amide bonds. The molecule has 3 heteroatoms. The summed E-state index contributed by atoms with van der Waals surface area (Å²) in [5.41, 5.74) is 1.29. The van der Waals surface area contributed by atoms with E-state index in [1.165, 1.54) is 16.3 Å². The maximum Gasteiger partial charge on any atom is 0.303 e. The molecular formula is C16H19NO2. The molecule has 0 aromatic heterocycles. The fourth-order valence-corrected chi connectivity index (χ4v) is 2.30. The summed E-state index contributed by atoms with van der Waals surface area (Å²) in [6.45, 7) is 1.65. The Labute approximate surface area is 113 Å². The first kappa shape index (κ1) is 13.6. The van der Waals surface area contributed by atoms with Gasteiger partial charge in [-0.1, -0.05) is 42.5 Å². The molecule has 1 N–H and O–H groups in total. The summed E-state index contributed by atoms with van der Waals surface area (Å²) in [4.78, 5) is 12.7. The zero-order valence-corrected chi connectivity index (χ0v) is 11.2. The van der Waals surface area contributed by atoms with Gasteiger partial charge in [-0.25, -0.2) is 0 Å². The third-order valence-corrected chi connectivity index (χ3v) is 3.25. The minimum atomic E-state index is -0.724. The molecule has 0 heterocycles. The lowest BCUT2D eigenvalue weighted by Crippen LogP contribution is -2.20.